The summed E-state index contributed by atoms with van der Waals surface area (Å²) in [4.78, 5) is 20.4. The minimum absolute atomic E-state index is 0.0619. The van der Waals surface area contributed by atoms with E-state index in [9.17, 15) is 13.6 Å². The number of ether oxygens (including phenoxy) is 3. The van der Waals surface area contributed by atoms with Gasteiger partial charge in [-0.25, -0.2) is 18.7 Å². The maximum Gasteiger partial charge on any atom is 0.311 e. The average Bonchev–Trinajstić information content (AvgIpc) is 3.36. The molecule has 7 nitrogen and oxygen atoms in total. The summed E-state index contributed by atoms with van der Waals surface area (Å²) in [7, 11) is 1.30. The van der Waals surface area contributed by atoms with Gasteiger partial charge in [-0.1, -0.05) is 18.2 Å². The van der Waals surface area contributed by atoms with Crippen LogP contribution in [0.25, 0.3) is 0 Å². The molecule has 0 saturated carbocycles. The highest BCUT2D eigenvalue weighted by Crippen LogP contribution is 2.44. The Kier molecular flexibility index (Phi) is 5.66. The fraction of sp³-hybridized carbons (Fsp3) is 0.476. The highest BCUT2D eigenvalue weighted by molar-refractivity contribution is 5.73. The van der Waals surface area contributed by atoms with E-state index >= 15 is 0 Å². The number of hydrogen-bond acceptors (Lipinski definition) is 7. The smallest absolute Gasteiger partial charge is 0.311 e. The number of carbonyl (C=O) groups excluding carboxylic acids is 1. The molecule has 1 N–H and O–H groups in total. The zero-order valence-electron chi connectivity index (χ0n) is 16.8. The van der Waals surface area contributed by atoms with Crippen molar-refractivity contribution in [3.8, 4) is 0 Å². The van der Waals surface area contributed by atoms with E-state index in [1.165, 1.54) is 19.5 Å². The molecule has 1 unspecified atom stereocenters. The second kappa shape index (κ2) is 8.23. The SMILES string of the molecule is COC(=O)Cc1ncnc(NC(C)c2cccc3c2CCC3(F)F)c1C1OCCO1. The molecule has 0 amide bonds. The minimum atomic E-state index is -2.80. The first-order valence-corrected chi connectivity index (χ1v) is 9.81. The fourth-order valence-electron chi connectivity index (χ4n) is 4.00. The largest absolute Gasteiger partial charge is 0.469 e. The molecule has 0 spiro atoms. The zero-order chi connectivity index (χ0) is 21.3. The lowest BCUT2D eigenvalue weighted by atomic mass is 9.97. The third-order valence-corrected chi connectivity index (χ3v) is 5.48. The van der Waals surface area contributed by atoms with E-state index in [0.717, 1.165) is 5.56 Å². The normalized spacial score (nSPS) is 18.8. The lowest BCUT2D eigenvalue weighted by Gasteiger charge is -2.23. The van der Waals surface area contributed by atoms with Crippen molar-refractivity contribution in [2.45, 2.75) is 44.4 Å². The number of nitrogens with one attached hydrogen (secondary N) is 1. The van der Waals surface area contributed by atoms with Crippen LogP contribution in [0.15, 0.2) is 24.5 Å². The number of halogens is 2. The van der Waals surface area contributed by atoms with Gasteiger partial charge < -0.3 is 19.5 Å². The zero-order valence-corrected chi connectivity index (χ0v) is 16.8. The number of esters is 1. The van der Waals surface area contributed by atoms with Crippen LogP contribution < -0.4 is 5.32 Å². The Morgan fingerprint density at radius 1 is 1.33 bits per heavy atom. The van der Waals surface area contributed by atoms with Crippen LogP contribution in [-0.2, 0) is 37.8 Å². The van der Waals surface area contributed by atoms with Gasteiger partial charge in [-0.05, 0) is 24.5 Å². The Morgan fingerprint density at radius 3 is 2.83 bits per heavy atom. The van der Waals surface area contributed by atoms with Crippen LogP contribution in [0.2, 0.25) is 0 Å². The van der Waals surface area contributed by atoms with Gasteiger partial charge in [0.05, 0.1) is 44.0 Å². The van der Waals surface area contributed by atoms with Crippen molar-refractivity contribution in [1.82, 2.24) is 9.97 Å². The van der Waals surface area contributed by atoms with Crippen LogP contribution in [0, 0.1) is 0 Å². The second-order valence-electron chi connectivity index (χ2n) is 7.35. The third-order valence-electron chi connectivity index (χ3n) is 5.48. The van der Waals surface area contributed by atoms with Crippen molar-refractivity contribution < 1.29 is 27.8 Å². The van der Waals surface area contributed by atoms with Gasteiger partial charge in [0.1, 0.15) is 12.1 Å². The van der Waals surface area contributed by atoms with Gasteiger partial charge in [-0.15, -0.1) is 0 Å². The van der Waals surface area contributed by atoms with Crippen LogP contribution in [-0.4, -0.2) is 36.3 Å². The van der Waals surface area contributed by atoms with Crippen LogP contribution in [0.1, 0.15) is 53.6 Å². The van der Waals surface area contributed by atoms with E-state index < -0.39 is 18.2 Å². The average molecular weight is 419 g/mol. The summed E-state index contributed by atoms with van der Waals surface area (Å²) in [6.45, 7) is 2.70. The standard InChI is InChI=1S/C21H23F2N3O4/c1-12(13-4-3-5-15-14(13)6-7-21(15,22)23)26-19-18(20-29-8-9-30-20)16(24-11-25-19)10-17(27)28-2/h3-5,11-12,20H,6-10H2,1-2H3,(H,24,25,26). The van der Waals surface area contributed by atoms with Crippen molar-refractivity contribution in [3.05, 3.63) is 52.5 Å². The maximum atomic E-state index is 14.2. The molecule has 30 heavy (non-hydrogen) atoms. The highest BCUT2D eigenvalue weighted by atomic mass is 19.3. The summed E-state index contributed by atoms with van der Waals surface area (Å²) in [5.74, 6) is -2.81. The molecular weight excluding hydrogens is 396 g/mol. The van der Waals surface area contributed by atoms with E-state index in [1.807, 2.05) is 13.0 Å². The summed E-state index contributed by atoms with van der Waals surface area (Å²) in [6.07, 6.45) is 0.705. The molecule has 1 aliphatic carbocycles. The summed E-state index contributed by atoms with van der Waals surface area (Å²) in [6, 6.07) is 4.67. The van der Waals surface area contributed by atoms with E-state index in [-0.39, 0.29) is 24.4 Å². The van der Waals surface area contributed by atoms with E-state index in [4.69, 9.17) is 14.2 Å². The predicted molar refractivity (Wildman–Crippen MR) is 103 cm³/mol. The van der Waals surface area contributed by atoms with Gasteiger partial charge in [0, 0.05) is 12.0 Å². The topological polar surface area (TPSA) is 82.6 Å². The van der Waals surface area contributed by atoms with E-state index in [0.29, 0.717) is 42.3 Å². The molecule has 1 saturated heterocycles. The molecule has 1 aromatic carbocycles. The molecule has 9 heteroatoms. The number of aromatic nitrogens is 2. The first-order chi connectivity index (χ1) is 14.4. The summed E-state index contributed by atoms with van der Waals surface area (Å²) in [5, 5.41) is 3.28. The molecule has 1 aliphatic heterocycles. The number of nitrogens with zero attached hydrogens (tertiary/aromatic N) is 2. The number of benzene rings is 1. The Morgan fingerprint density at radius 2 is 2.10 bits per heavy atom. The van der Waals surface area contributed by atoms with Gasteiger partial charge >= 0.3 is 5.97 Å². The second-order valence-corrected chi connectivity index (χ2v) is 7.35. The number of alkyl halides is 2. The molecule has 2 aromatic rings. The van der Waals surface area contributed by atoms with Crippen molar-refractivity contribution >= 4 is 11.8 Å². The summed E-state index contributed by atoms with van der Waals surface area (Å²) < 4.78 is 44.4. The number of carbonyl (C=O) groups is 1. The van der Waals surface area contributed by atoms with Crippen molar-refractivity contribution in [2.75, 3.05) is 25.6 Å². The van der Waals surface area contributed by atoms with Crippen molar-refractivity contribution in [3.63, 3.8) is 0 Å². The Labute approximate surface area is 172 Å². The summed E-state index contributed by atoms with van der Waals surface area (Å²) in [5.41, 5.74) is 2.50. The number of hydrogen-bond donors (Lipinski definition) is 1. The molecule has 160 valence electrons. The Bertz CT molecular complexity index is 948. The number of methoxy groups -OCH3 is 1. The molecule has 2 heterocycles. The predicted octanol–water partition coefficient (Wildman–Crippen LogP) is 3.45. The van der Waals surface area contributed by atoms with Crippen LogP contribution in [0.4, 0.5) is 14.6 Å². The summed E-state index contributed by atoms with van der Waals surface area (Å²) >= 11 is 0. The molecule has 4 rings (SSSR count). The van der Waals surface area contributed by atoms with Crippen molar-refractivity contribution in [2.24, 2.45) is 0 Å². The van der Waals surface area contributed by atoms with E-state index in [1.54, 1.807) is 6.07 Å². The number of anilines is 1. The number of rotatable bonds is 6. The fourth-order valence-corrected chi connectivity index (χ4v) is 4.00. The lowest BCUT2D eigenvalue weighted by molar-refractivity contribution is -0.139. The molecule has 1 fully saturated rings. The highest BCUT2D eigenvalue weighted by Gasteiger charge is 2.40. The lowest BCUT2D eigenvalue weighted by Crippen LogP contribution is -2.18. The first-order valence-electron chi connectivity index (χ1n) is 9.81. The molecule has 0 radical (unpaired) electrons. The third kappa shape index (κ3) is 3.87. The van der Waals surface area contributed by atoms with Crippen molar-refractivity contribution in [1.29, 1.82) is 0 Å². The van der Waals surface area contributed by atoms with Gasteiger partial charge in [-0.3, -0.25) is 4.79 Å². The Balaban J connectivity index is 1.67. The number of fused-ring (bicyclic) bond motifs is 1. The van der Waals surface area contributed by atoms with Gasteiger partial charge in [0.2, 0.25) is 0 Å². The molecule has 1 atom stereocenters. The molecule has 2 aliphatic rings. The van der Waals surface area contributed by atoms with Gasteiger partial charge in [-0.2, -0.15) is 0 Å². The molecule has 0 bridgehead atoms. The first kappa shape index (κ1) is 20.6. The van der Waals surface area contributed by atoms with Crippen LogP contribution in [0.3, 0.4) is 0 Å². The van der Waals surface area contributed by atoms with Gasteiger partial charge in [0.15, 0.2) is 6.29 Å². The monoisotopic (exact) mass is 419 g/mol. The quantitative estimate of drug-likeness (QED) is 0.718. The Hall–Kier alpha value is -2.65. The van der Waals surface area contributed by atoms with E-state index in [2.05, 4.69) is 15.3 Å². The van der Waals surface area contributed by atoms with Gasteiger partial charge in [0.25, 0.3) is 5.92 Å². The maximum absolute atomic E-state index is 14.2. The minimum Gasteiger partial charge on any atom is -0.469 e. The molecule has 1 aromatic heterocycles. The molecular formula is C21H23F2N3O4. The van der Waals surface area contributed by atoms with Crippen LogP contribution in [0.5, 0.6) is 0 Å². The van der Waals surface area contributed by atoms with Crippen LogP contribution >= 0.6 is 0 Å².